The van der Waals surface area contributed by atoms with Crippen LogP contribution in [-0.4, -0.2) is 35.2 Å². The predicted molar refractivity (Wildman–Crippen MR) is 108 cm³/mol. The van der Waals surface area contributed by atoms with Crippen molar-refractivity contribution in [1.29, 1.82) is 0 Å². The van der Waals surface area contributed by atoms with Crippen molar-refractivity contribution in [3.8, 4) is 0 Å². The van der Waals surface area contributed by atoms with Gasteiger partial charge in [0.2, 0.25) is 5.91 Å². The van der Waals surface area contributed by atoms with Crippen LogP contribution in [0.2, 0.25) is 5.02 Å². The summed E-state index contributed by atoms with van der Waals surface area (Å²) >= 11 is 8.67. The number of aliphatic imine (C=N–C) groups is 1. The first-order chi connectivity index (χ1) is 13.5. The lowest BCUT2D eigenvalue weighted by Crippen LogP contribution is -2.26. The Morgan fingerprint density at radius 3 is 2.89 bits per heavy atom. The Kier molecular flexibility index (Phi) is 11.6. The molecule has 0 unspecified atom stereocenters. The van der Waals surface area contributed by atoms with Crippen LogP contribution in [0.3, 0.4) is 0 Å². The molecule has 0 aliphatic carbocycles. The minimum Gasteiger partial charge on any atom is -0.356 e. The van der Waals surface area contributed by atoms with E-state index in [0.29, 0.717) is 37.3 Å². The fourth-order valence-electron chi connectivity index (χ4n) is 2.12. The molecule has 0 saturated carbocycles. The second-order valence-corrected chi connectivity index (χ2v) is 7.18. The highest BCUT2D eigenvalue weighted by atomic mass is 35.5. The molecule has 156 valence electrons. The number of hydrogen-bond acceptors (Lipinski definition) is 11. The molecule has 14 heteroatoms. The molecule has 0 saturated heterocycles. The maximum atomic E-state index is 11.7. The Morgan fingerprint density at radius 2 is 2.21 bits per heavy atom. The van der Waals surface area contributed by atoms with Gasteiger partial charge in [-0.2, -0.15) is 0 Å². The van der Waals surface area contributed by atoms with Crippen LogP contribution in [0.4, 0.5) is 5.69 Å². The van der Waals surface area contributed by atoms with Crippen LogP contribution >= 0.6 is 35.5 Å². The molecule has 1 amide bonds. The van der Waals surface area contributed by atoms with E-state index in [1.807, 2.05) is 6.07 Å². The molecule has 28 heavy (non-hydrogen) atoms. The van der Waals surface area contributed by atoms with E-state index in [2.05, 4.69) is 25.8 Å². The van der Waals surface area contributed by atoms with Crippen molar-refractivity contribution in [3.05, 3.63) is 27.3 Å². The molecular weight excluding hydrogens is 432 g/mol. The Morgan fingerprint density at radius 1 is 1.46 bits per heavy atom. The summed E-state index contributed by atoms with van der Waals surface area (Å²) in [5.41, 5.74) is 0.779. The summed E-state index contributed by atoms with van der Waals surface area (Å²) in [6.07, 6.45) is 1.98. The van der Waals surface area contributed by atoms with E-state index in [-0.39, 0.29) is 12.5 Å². The van der Waals surface area contributed by atoms with Crippen LogP contribution in [0.25, 0.3) is 0 Å². The molecule has 1 aliphatic rings. The number of rotatable bonds is 10. The minimum absolute atomic E-state index is 0.0302. The van der Waals surface area contributed by atoms with Crippen LogP contribution < -0.4 is 21.1 Å². The third-order valence-electron chi connectivity index (χ3n) is 3.33. The number of benzene rings is 1. The van der Waals surface area contributed by atoms with Crippen molar-refractivity contribution in [2.24, 2.45) is 16.0 Å². The van der Waals surface area contributed by atoms with Crippen molar-refractivity contribution in [1.82, 2.24) is 10.0 Å². The second kappa shape index (κ2) is 13.4. The van der Waals surface area contributed by atoms with Gasteiger partial charge < -0.3 is 20.1 Å². The molecule has 0 spiro atoms. The number of nitrogens with zero attached hydrogens (tertiary/aromatic N) is 2. The van der Waals surface area contributed by atoms with E-state index in [0.717, 1.165) is 33.3 Å². The molecule has 0 fully saturated rings. The second-order valence-electron chi connectivity index (χ2n) is 5.24. The summed E-state index contributed by atoms with van der Waals surface area (Å²) < 4.78 is 3.15. The molecule has 0 aromatic heterocycles. The van der Waals surface area contributed by atoms with E-state index in [4.69, 9.17) is 21.9 Å². The quantitative estimate of drug-likeness (QED) is 0.153. The van der Waals surface area contributed by atoms with Gasteiger partial charge >= 0.3 is 0 Å². The summed E-state index contributed by atoms with van der Waals surface area (Å²) in [5.74, 6) is 4.17. The third-order valence-corrected chi connectivity index (χ3v) is 5.23. The monoisotopic (exact) mass is 452 g/mol. The number of carbonyl (C=O) groups excluding carboxylic acids is 1. The molecule has 1 aliphatic heterocycles. The lowest BCUT2D eigenvalue weighted by atomic mass is 10.2. The van der Waals surface area contributed by atoms with E-state index >= 15 is 0 Å². The molecule has 0 radical (unpaired) electrons. The average Bonchev–Trinajstić information content (AvgIpc) is 2.68. The number of nitrogens with one attached hydrogen (secondary N) is 2. The molecule has 1 aromatic carbocycles. The Bertz CT molecular complexity index is 709. The Hall–Kier alpha value is -1.77. The van der Waals surface area contributed by atoms with Crippen molar-refractivity contribution in [2.75, 3.05) is 13.2 Å². The van der Waals surface area contributed by atoms with Gasteiger partial charge in [-0.15, -0.1) is 10.1 Å². The highest BCUT2D eigenvalue weighted by molar-refractivity contribution is 7.98. The lowest BCUT2D eigenvalue weighted by molar-refractivity contribution is -0.757. The molecule has 7 N–H and O–H groups in total. The van der Waals surface area contributed by atoms with E-state index in [1.54, 1.807) is 6.07 Å². The topological polar surface area (TPSA) is 178 Å². The maximum Gasteiger partial charge on any atom is 0.294 e. The summed E-state index contributed by atoms with van der Waals surface area (Å²) in [7, 11) is 0. The molecular formula is C14H21ClN6O5S2. The number of carbonyl (C=O) groups is 1. The summed E-state index contributed by atoms with van der Waals surface area (Å²) in [6, 6.07) is 3.66. The van der Waals surface area contributed by atoms with Gasteiger partial charge in [0.1, 0.15) is 5.84 Å². The zero-order valence-corrected chi connectivity index (χ0v) is 17.1. The first-order valence-corrected chi connectivity index (χ1v) is 10.1. The number of amidine groups is 1. The molecule has 1 heterocycles. The number of halogens is 1. The summed E-state index contributed by atoms with van der Waals surface area (Å²) in [6.45, 7) is 0.312. The van der Waals surface area contributed by atoms with Gasteiger partial charge in [0.05, 0.1) is 22.2 Å². The molecule has 0 atom stereocenters. The first-order valence-electron chi connectivity index (χ1n) is 8.00. The van der Waals surface area contributed by atoms with Crippen molar-refractivity contribution in [2.45, 2.75) is 35.5 Å². The zero-order chi connectivity index (χ0) is 20.9. The number of nitrogens with two attached hydrogens (primary N) is 2. The van der Waals surface area contributed by atoms with Crippen molar-refractivity contribution >= 4 is 52.9 Å². The average molecular weight is 453 g/mol. The van der Waals surface area contributed by atoms with E-state index in [1.165, 1.54) is 11.9 Å². The standard InChI is InChI=1S/C14H18ClN5O4S2.H3NO/c15-9-7-10-12(8-11(9)25-16)26-19-13(18-10)3-1-4-14(21)17-5-2-6-24-20(22)23;1-2/h7-8H,1-6,16H2,(H,17,21)(H,18,19);2H,1H2. The van der Waals surface area contributed by atoms with Gasteiger partial charge in [-0.25, -0.2) is 10.9 Å². The van der Waals surface area contributed by atoms with E-state index < -0.39 is 5.09 Å². The van der Waals surface area contributed by atoms with Crippen LogP contribution in [0.5, 0.6) is 0 Å². The molecule has 2 rings (SSSR count). The van der Waals surface area contributed by atoms with Gasteiger partial charge in [0, 0.05) is 24.3 Å². The van der Waals surface area contributed by atoms with E-state index in [9.17, 15) is 14.9 Å². The number of hydrogen-bond donors (Lipinski definition) is 5. The van der Waals surface area contributed by atoms with Crippen LogP contribution in [0.15, 0.2) is 26.9 Å². The Balaban J connectivity index is 0.00000190. The number of amides is 1. The summed E-state index contributed by atoms with van der Waals surface area (Å²) in [4.78, 5) is 32.1. The fourth-order valence-corrected chi connectivity index (χ4v) is 3.60. The Labute approximate surface area is 174 Å². The fraction of sp³-hybridized carbons (Fsp3) is 0.429. The number of fused-ring (bicyclic) bond motifs is 1. The smallest absolute Gasteiger partial charge is 0.294 e. The highest BCUT2D eigenvalue weighted by Gasteiger charge is 2.15. The van der Waals surface area contributed by atoms with Crippen LogP contribution in [-0.2, 0) is 9.63 Å². The van der Waals surface area contributed by atoms with Crippen molar-refractivity contribution in [3.63, 3.8) is 0 Å². The molecule has 1 aromatic rings. The maximum absolute atomic E-state index is 11.7. The van der Waals surface area contributed by atoms with Gasteiger partial charge in [-0.1, -0.05) is 11.6 Å². The minimum atomic E-state index is -0.848. The van der Waals surface area contributed by atoms with Crippen LogP contribution in [0, 0.1) is 10.1 Å². The van der Waals surface area contributed by atoms with Gasteiger partial charge in [0.15, 0.2) is 0 Å². The van der Waals surface area contributed by atoms with Gasteiger partial charge in [-0.05, 0) is 48.9 Å². The summed E-state index contributed by atoms with van der Waals surface area (Å²) in [5, 5.41) is 24.4. The largest absolute Gasteiger partial charge is 0.356 e. The molecule has 11 nitrogen and oxygen atoms in total. The SMILES string of the molecule is NO.NSc1cc2c(cc1Cl)N=C(CCCC(=O)NCCCO[N+](=O)[O-])NS2. The predicted octanol–water partition coefficient (Wildman–Crippen LogP) is 2.17. The van der Waals surface area contributed by atoms with Gasteiger partial charge in [-0.3, -0.25) is 9.93 Å². The zero-order valence-electron chi connectivity index (χ0n) is 14.7. The normalized spacial score (nSPS) is 11.9. The van der Waals surface area contributed by atoms with Crippen molar-refractivity contribution < 1.29 is 19.9 Å². The third kappa shape index (κ3) is 8.50. The van der Waals surface area contributed by atoms with Crippen LogP contribution in [0.1, 0.15) is 25.7 Å². The first kappa shape index (κ1) is 24.3. The highest BCUT2D eigenvalue weighted by Crippen LogP contribution is 2.38. The van der Waals surface area contributed by atoms with Gasteiger partial charge in [0.25, 0.3) is 5.09 Å². The molecule has 0 bridgehead atoms. The lowest BCUT2D eigenvalue weighted by Gasteiger charge is -2.17.